The highest BCUT2D eigenvalue weighted by Crippen LogP contribution is 2.33. The first-order chi connectivity index (χ1) is 8.99. The summed E-state index contributed by atoms with van der Waals surface area (Å²) in [5.41, 5.74) is 3.64. The minimum absolute atomic E-state index is 0.357. The van der Waals surface area contributed by atoms with Gasteiger partial charge in [0.15, 0.2) is 6.61 Å². The number of carboxylic acid groups (broad SMARTS) is 1. The van der Waals surface area contributed by atoms with E-state index in [9.17, 15) is 4.79 Å². The molecule has 0 atom stereocenters. The number of benzene rings is 1. The van der Waals surface area contributed by atoms with Crippen molar-refractivity contribution in [3.8, 4) is 17.0 Å². The number of nitrogens with one attached hydrogen (secondary N) is 1. The maximum Gasteiger partial charge on any atom is 0.341 e. The summed E-state index contributed by atoms with van der Waals surface area (Å²) >= 11 is 0. The molecular weight excluding hydrogens is 244 g/mol. The van der Waals surface area contributed by atoms with Crippen LogP contribution >= 0.6 is 0 Å². The van der Waals surface area contributed by atoms with Crippen LogP contribution in [0.15, 0.2) is 18.3 Å². The molecule has 0 radical (unpaired) electrons. The normalized spacial score (nSPS) is 10.5. The zero-order valence-corrected chi connectivity index (χ0v) is 11.2. The molecule has 1 aromatic heterocycles. The Bertz CT molecular complexity index is 617. The summed E-state index contributed by atoms with van der Waals surface area (Å²) in [6.07, 6.45) is 1.72. The van der Waals surface area contributed by atoms with Crippen molar-refractivity contribution in [3.63, 3.8) is 0 Å². The number of aromatic amines is 1. The summed E-state index contributed by atoms with van der Waals surface area (Å²) in [4.78, 5) is 18.0. The first-order valence-electron chi connectivity index (χ1n) is 5.96. The van der Waals surface area contributed by atoms with E-state index in [2.05, 4.69) is 9.97 Å². The Kier molecular flexibility index (Phi) is 3.55. The number of H-pyrrole nitrogens is 1. The number of aromatic nitrogens is 2. The van der Waals surface area contributed by atoms with Crippen LogP contribution in [0, 0.1) is 20.8 Å². The molecule has 0 amide bonds. The van der Waals surface area contributed by atoms with E-state index >= 15 is 0 Å². The maximum absolute atomic E-state index is 10.7. The van der Waals surface area contributed by atoms with Gasteiger partial charge in [-0.3, -0.25) is 0 Å². The van der Waals surface area contributed by atoms with Gasteiger partial charge in [-0.1, -0.05) is 6.07 Å². The molecule has 5 heteroatoms. The molecule has 0 aliphatic rings. The molecular formula is C14H16N2O3. The van der Waals surface area contributed by atoms with E-state index in [0.29, 0.717) is 5.75 Å². The smallest absolute Gasteiger partial charge is 0.341 e. The third-order valence-corrected chi connectivity index (χ3v) is 3.01. The van der Waals surface area contributed by atoms with Crippen molar-refractivity contribution in [2.24, 2.45) is 0 Å². The topological polar surface area (TPSA) is 75.2 Å². The molecule has 0 fully saturated rings. The predicted octanol–water partition coefficient (Wildman–Crippen LogP) is 2.47. The number of rotatable bonds is 4. The second-order valence-corrected chi connectivity index (χ2v) is 4.45. The van der Waals surface area contributed by atoms with Crippen molar-refractivity contribution in [2.75, 3.05) is 6.61 Å². The van der Waals surface area contributed by atoms with E-state index in [1.807, 2.05) is 32.9 Å². The Labute approximate surface area is 111 Å². The lowest BCUT2D eigenvalue weighted by atomic mass is 10.0. The zero-order valence-electron chi connectivity index (χ0n) is 11.2. The van der Waals surface area contributed by atoms with Crippen LogP contribution in [-0.2, 0) is 4.79 Å². The van der Waals surface area contributed by atoms with Gasteiger partial charge in [-0.05, 0) is 38.0 Å². The average molecular weight is 260 g/mol. The van der Waals surface area contributed by atoms with Crippen molar-refractivity contribution in [1.29, 1.82) is 0 Å². The molecule has 1 heterocycles. The second kappa shape index (κ2) is 5.14. The Hall–Kier alpha value is -2.30. The van der Waals surface area contributed by atoms with E-state index in [1.54, 1.807) is 6.20 Å². The summed E-state index contributed by atoms with van der Waals surface area (Å²) in [6, 6.07) is 3.89. The standard InChI is InChI=1S/C14H16N2O3/c1-8-4-5-11(12-6-15-10(3)16-12)14(9(8)2)19-7-13(17)18/h4-6H,7H2,1-3H3,(H,15,16)(H,17,18). The molecule has 0 aliphatic carbocycles. The lowest BCUT2D eigenvalue weighted by Crippen LogP contribution is -2.11. The largest absolute Gasteiger partial charge is 0.481 e. The first-order valence-corrected chi connectivity index (χ1v) is 5.96. The Balaban J connectivity index is 2.47. The molecule has 100 valence electrons. The number of ether oxygens (including phenoxy) is 1. The number of nitrogens with zero attached hydrogens (tertiary/aromatic N) is 1. The fraction of sp³-hybridized carbons (Fsp3) is 0.286. The van der Waals surface area contributed by atoms with Crippen LogP contribution in [0.5, 0.6) is 5.75 Å². The van der Waals surface area contributed by atoms with Gasteiger partial charge in [0.1, 0.15) is 11.6 Å². The molecule has 0 bridgehead atoms. The minimum Gasteiger partial charge on any atom is -0.481 e. The van der Waals surface area contributed by atoms with Crippen LogP contribution in [0.3, 0.4) is 0 Å². The van der Waals surface area contributed by atoms with Gasteiger partial charge >= 0.3 is 5.97 Å². The number of carbonyl (C=O) groups is 1. The summed E-state index contributed by atoms with van der Waals surface area (Å²) in [7, 11) is 0. The van der Waals surface area contributed by atoms with E-state index in [4.69, 9.17) is 9.84 Å². The lowest BCUT2D eigenvalue weighted by Gasteiger charge is -2.14. The van der Waals surface area contributed by atoms with Crippen molar-refractivity contribution in [2.45, 2.75) is 20.8 Å². The maximum atomic E-state index is 10.7. The molecule has 2 aromatic rings. The number of hydrogen-bond acceptors (Lipinski definition) is 3. The van der Waals surface area contributed by atoms with Crippen LogP contribution < -0.4 is 4.74 Å². The number of aliphatic carboxylic acids is 1. The summed E-state index contributed by atoms with van der Waals surface area (Å²) < 4.78 is 5.43. The quantitative estimate of drug-likeness (QED) is 0.885. The van der Waals surface area contributed by atoms with E-state index in [-0.39, 0.29) is 6.61 Å². The zero-order chi connectivity index (χ0) is 14.0. The molecule has 0 spiro atoms. The monoisotopic (exact) mass is 260 g/mol. The molecule has 0 aliphatic heterocycles. The molecule has 19 heavy (non-hydrogen) atoms. The van der Waals surface area contributed by atoms with Crippen molar-refractivity contribution >= 4 is 5.97 Å². The number of aryl methyl sites for hydroxylation is 2. The fourth-order valence-electron chi connectivity index (χ4n) is 1.88. The molecule has 0 saturated heterocycles. The highest BCUT2D eigenvalue weighted by Gasteiger charge is 2.14. The van der Waals surface area contributed by atoms with Gasteiger partial charge in [0, 0.05) is 5.56 Å². The Morgan fingerprint density at radius 1 is 1.37 bits per heavy atom. The van der Waals surface area contributed by atoms with Crippen molar-refractivity contribution in [3.05, 3.63) is 35.3 Å². The van der Waals surface area contributed by atoms with Gasteiger partial charge in [0.2, 0.25) is 0 Å². The van der Waals surface area contributed by atoms with E-state index in [1.165, 1.54) is 0 Å². The van der Waals surface area contributed by atoms with Gasteiger partial charge in [-0.2, -0.15) is 0 Å². The van der Waals surface area contributed by atoms with Crippen molar-refractivity contribution < 1.29 is 14.6 Å². The molecule has 1 aromatic carbocycles. The van der Waals surface area contributed by atoms with Gasteiger partial charge in [-0.25, -0.2) is 9.78 Å². The van der Waals surface area contributed by atoms with Gasteiger partial charge in [-0.15, -0.1) is 0 Å². The predicted molar refractivity (Wildman–Crippen MR) is 71.4 cm³/mol. The minimum atomic E-state index is -0.993. The Morgan fingerprint density at radius 2 is 2.11 bits per heavy atom. The number of imidazole rings is 1. The van der Waals surface area contributed by atoms with Gasteiger partial charge in [0.05, 0.1) is 11.9 Å². The summed E-state index contributed by atoms with van der Waals surface area (Å²) in [6.45, 7) is 5.39. The summed E-state index contributed by atoms with van der Waals surface area (Å²) in [5, 5.41) is 8.76. The molecule has 2 rings (SSSR count). The second-order valence-electron chi connectivity index (χ2n) is 4.45. The number of hydrogen-bond donors (Lipinski definition) is 2. The van der Waals surface area contributed by atoms with Gasteiger partial charge in [0.25, 0.3) is 0 Å². The third kappa shape index (κ3) is 2.76. The van der Waals surface area contributed by atoms with Crippen LogP contribution in [0.4, 0.5) is 0 Å². The molecule has 2 N–H and O–H groups in total. The lowest BCUT2D eigenvalue weighted by molar-refractivity contribution is -0.139. The average Bonchev–Trinajstić information content (AvgIpc) is 2.77. The fourth-order valence-corrected chi connectivity index (χ4v) is 1.88. The highest BCUT2D eigenvalue weighted by atomic mass is 16.5. The van der Waals surface area contributed by atoms with Gasteiger partial charge < -0.3 is 14.8 Å². The van der Waals surface area contributed by atoms with Crippen LogP contribution in [-0.4, -0.2) is 27.7 Å². The Morgan fingerprint density at radius 3 is 2.68 bits per heavy atom. The van der Waals surface area contributed by atoms with Crippen LogP contribution in [0.25, 0.3) is 11.3 Å². The van der Waals surface area contributed by atoms with Crippen molar-refractivity contribution in [1.82, 2.24) is 9.97 Å². The van der Waals surface area contributed by atoms with Crippen LogP contribution in [0.1, 0.15) is 17.0 Å². The van der Waals surface area contributed by atoms with E-state index < -0.39 is 5.97 Å². The SMILES string of the molecule is Cc1ncc(-c2ccc(C)c(C)c2OCC(=O)O)[nH]1. The summed E-state index contributed by atoms with van der Waals surface area (Å²) in [5.74, 6) is 0.399. The molecule has 0 unspecified atom stereocenters. The molecule has 0 saturated carbocycles. The van der Waals surface area contributed by atoms with Crippen LogP contribution in [0.2, 0.25) is 0 Å². The number of carboxylic acids is 1. The third-order valence-electron chi connectivity index (χ3n) is 3.01. The highest BCUT2D eigenvalue weighted by molar-refractivity contribution is 5.72. The van der Waals surface area contributed by atoms with E-state index in [0.717, 1.165) is 28.2 Å². The molecule has 5 nitrogen and oxygen atoms in total. The first kappa shape index (κ1) is 13.1.